The average molecular weight is 236 g/mol. The van der Waals surface area contributed by atoms with Gasteiger partial charge in [-0.2, -0.15) is 0 Å². The van der Waals surface area contributed by atoms with Gasteiger partial charge in [-0.25, -0.2) is 4.98 Å². The maximum Gasteiger partial charge on any atom is 0.271 e. The largest absolute Gasteiger partial charge is 0.347 e. The van der Waals surface area contributed by atoms with Gasteiger partial charge < -0.3 is 11.1 Å². The monoisotopic (exact) mass is 236 g/mol. The Bertz CT molecular complexity index is 350. The van der Waals surface area contributed by atoms with Crippen molar-refractivity contribution in [2.75, 3.05) is 6.54 Å². The summed E-state index contributed by atoms with van der Waals surface area (Å²) in [5.41, 5.74) is 6.75. The summed E-state index contributed by atoms with van der Waals surface area (Å²) in [4.78, 5) is 19.9. The molecule has 0 saturated heterocycles. The molecule has 0 bridgehead atoms. The minimum absolute atomic E-state index is 0.0190. The predicted molar refractivity (Wildman–Crippen MR) is 66.6 cm³/mol. The number of hydrogen-bond acceptors (Lipinski definition) is 4. The average Bonchev–Trinajstić information content (AvgIpc) is 2.35. The molecule has 0 aliphatic rings. The number of unbranched alkanes of at least 4 members (excludes halogenated alkanes) is 1. The smallest absolute Gasteiger partial charge is 0.271 e. The van der Waals surface area contributed by atoms with Crippen molar-refractivity contribution in [1.29, 1.82) is 0 Å². The van der Waals surface area contributed by atoms with Crippen LogP contribution >= 0.6 is 0 Å². The van der Waals surface area contributed by atoms with Crippen LogP contribution in [0.25, 0.3) is 0 Å². The lowest BCUT2D eigenvalue weighted by Gasteiger charge is -2.15. The standard InChI is InChI=1S/C12H20N4O/c1-3-4-5-10(6-13)16-12(17)11-8-14-9(2)7-15-11/h7-8,10H,3-6,13H2,1-2H3,(H,16,17). The Morgan fingerprint density at radius 2 is 2.24 bits per heavy atom. The van der Waals surface area contributed by atoms with Crippen molar-refractivity contribution in [3.8, 4) is 0 Å². The summed E-state index contributed by atoms with van der Waals surface area (Å²) >= 11 is 0. The third-order valence-corrected chi connectivity index (χ3v) is 2.54. The van der Waals surface area contributed by atoms with Gasteiger partial charge >= 0.3 is 0 Å². The number of nitrogens with one attached hydrogen (secondary N) is 1. The van der Waals surface area contributed by atoms with Crippen LogP contribution < -0.4 is 11.1 Å². The van der Waals surface area contributed by atoms with E-state index in [1.807, 2.05) is 6.92 Å². The second kappa shape index (κ2) is 6.96. The fourth-order valence-electron chi connectivity index (χ4n) is 1.47. The molecule has 94 valence electrons. The number of aryl methyl sites for hydroxylation is 1. The van der Waals surface area contributed by atoms with Crippen LogP contribution in [0, 0.1) is 6.92 Å². The van der Waals surface area contributed by atoms with E-state index < -0.39 is 0 Å². The minimum Gasteiger partial charge on any atom is -0.347 e. The fourth-order valence-corrected chi connectivity index (χ4v) is 1.47. The molecule has 0 fully saturated rings. The second-order valence-corrected chi connectivity index (χ2v) is 4.09. The number of nitrogens with zero attached hydrogens (tertiary/aromatic N) is 2. The van der Waals surface area contributed by atoms with Gasteiger partial charge in [-0.1, -0.05) is 19.8 Å². The van der Waals surface area contributed by atoms with Crippen molar-refractivity contribution in [1.82, 2.24) is 15.3 Å². The van der Waals surface area contributed by atoms with Gasteiger partial charge in [-0.05, 0) is 13.3 Å². The molecule has 0 saturated carbocycles. The molecule has 1 aromatic heterocycles. The van der Waals surface area contributed by atoms with E-state index in [0.717, 1.165) is 25.0 Å². The number of carbonyl (C=O) groups excluding carboxylic acids is 1. The van der Waals surface area contributed by atoms with Crippen LogP contribution in [0.3, 0.4) is 0 Å². The highest BCUT2D eigenvalue weighted by molar-refractivity contribution is 5.92. The van der Waals surface area contributed by atoms with Gasteiger partial charge in [0.2, 0.25) is 0 Å². The van der Waals surface area contributed by atoms with E-state index in [-0.39, 0.29) is 11.9 Å². The number of aromatic nitrogens is 2. The van der Waals surface area contributed by atoms with Crippen LogP contribution in [-0.4, -0.2) is 28.5 Å². The van der Waals surface area contributed by atoms with Gasteiger partial charge in [0.15, 0.2) is 0 Å². The summed E-state index contributed by atoms with van der Waals surface area (Å²) in [6.45, 7) is 4.39. The van der Waals surface area contributed by atoms with E-state index in [9.17, 15) is 4.79 Å². The fraction of sp³-hybridized carbons (Fsp3) is 0.583. The number of rotatable bonds is 6. The third-order valence-electron chi connectivity index (χ3n) is 2.54. The van der Waals surface area contributed by atoms with E-state index in [1.54, 1.807) is 6.20 Å². The molecule has 1 atom stereocenters. The molecule has 17 heavy (non-hydrogen) atoms. The quantitative estimate of drug-likeness (QED) is 0.773. The highest BCUT2D eigenvalue weighted by Gasteiger charge is 2.13. The predicted octanol–water partition coefficient (Wildman–Crippen LogP) is 1.03. The molecule has 1 amide bonds. The number of hydrogen-bond donors (Lipinski definition) is 2. The lowest BCUT2D eigenvalue weighted by atomic mass is 10.1. The zero-order chi connectivity index (χ0) is 12.7. The summed E-state index contributed by atoms with van der Waals surface area (Å²) in [5, 5.41) is 2.87. The van der Waals surface area contributed by atoms with Crippen LogP contribution in [0.15, 0.2) is 12.4 Å². The first-order valence-electron chi connectivity index (χ1n) is 5.97. The first-order valence-corrected chi connectivity index (χ1v) is 5.97. The Kier molecular flexibility index (Phi) is 5.56. The van der Waals surface area contributed by atoms with E-state index in [1.165, 1.54) is 6.20 Å². The zero-order valence-corrected chi connectivity index (χ0v) is 10.4. The molecule has 0 radical (unpaired) electrons. The maximum absolute atomic E-state index is 11.8. The molecule has 1 unspecified atom stereocenters. The van der Waals surface area contributed by atoms with Gasteiger partial charge in [0, 0.05) is 18.8 Å². The Morgan fingerprint density at radius 3 is 2.76 bits per heavy atom. The molecular formula is C12H20N4O. The van der Waals surface area contributed by atoms with Crippen LogP contribution in [0.1, 0.15) is 42.4 Å². The molecule has 3 N–H and O–H groups in total. The van der Waals surface area contributed by atoms with Gasteiger partial charge in [0.25, 0.3) is 5.91 Å². The second-order valence-electron chi connectivity index (χ2n) is 4.09. The molecule has 5 heteroatoms. The Labute approximate surface area is 102 Å². The van der Waals surface area contributed by atoms with E-state index in [2.05, 4.69) is 22.2 Å². The summed E-state index contributed by atoms with van der Waals surface area (Å²) in [7, 11) is 0. The maximum atomic E-state index is 11.8. The molecule has 5 nitrogen and oxygen atoms in total. The molecule has 1 heterocycles. The summed E-state index contributed by atoms with van der Waals surface area (Å²) in [6.07, 6.45) is 6.12. The number of carbonyl (C=O) groups is 1. The molecular weight excluding hydrogens is 216 g/mol. The minimum atomic E-state index is -0.205. The van der Waals surface area contributed by atoms with Crippen molar-refractivity contribution in [3.05, 3.63) is 23.8 Å². The molecule has 0 aliphatic heterocycles. The van der Waals surface area contributed by atoms with Crippen molar-refractivity contribution in [2.24, 2.45) is 5.73 Å². The molecule has 1 aromatic rings. The first-order chi connectivity index (χ1) is 8.17. The van der Waals surface area contributed by atoms with Crippen LogP contribution in [-0.2, 0) is 0 Å². The highest BCUT2D eigenvalue weighted by Crippen LogP contribution is 2.01. The Balaban J connectivity index is 2.54. The van der Waals surface area contributed by atoms with E-state index in [4.69, 9.17) is 5.73 Å². The molecule has 0 aromatic carbocycles. The lowest BCUT2D eigenvalue weighted by Crippen LogP contribution is -2.40. The Hall–Kier alpha value is -1.49. The van der Waals surface area contributed by atoms with Gasteiger partial charge in [0.05, 0.1) is 11.9 Å². The third kappa shape index (κ3) is 4.48. The van der Waals surface area contributed by atoms with E-state index in [0.29, 0.717) is 12.2 Å². The number of amides is 1. The normalized spacial score (nSPS) is 12.2. The van der Waals surface area contributed by atoms with Crippen LogP contribution in [0.5, 0.6) is 0 Å². The van der Waals surface area contributed by atoms with E-state index >= 15 is 0 Å². The lowest BCUT2D eigenvalue weighted by molar-refractivity contribution is 0.0930. The van der Waals surface area contributed by atoms with Crippen LogP contribution in [0.4, 0.5) is 0 Å². The first kappa shape index (κ1) is 13.6. The van der Waals surface area contributed by atoms with Crippen molar-refractivity contribution < 1.29 is 4.79 Å². The number of nitrogens with two attached hydrogens (primary N) is 1. The topological polar surface area (TPSA) is 80.9 Å². The van der Waals surface area contributed by atoms with Gasteiger partial charge in [0.1, 0.15) is 5.69 Å². The van der Waals surface area contributed by atoms with Crippen molar-refractivity contribution in [2.45, 2.75) is 39.2 Å². The molecule has 0 spiro atoms. The van der Waals surface area contributed by atoms with Crippen LogP contribution in [0.2, 0.25) is 0 Å². The van der Waals surface area contributed by atoms with Crippen molar-refractivity contribution in [3.63, 3.8) is 0 Å². The summed E-state index contributed by atoms with van der Waals surface area (Å²) in [5.74, 6) is -0.205. The van der Waals surface area contributed by atoms with Gasteiger partial charge in [-0.3, -0.25) is 9.78 Å². The zero-order valence-electron chi connectivity index (χ0n) is 10.4. The molecule has 1 rings (SSSR count). The van der Waals surface area contributed by atoms with Crippen molar-refractivity contribution >= 4 is 5.91 Å². The summed E-state index contributed by atoms with van der Waals surface area (Å²) < 4.78 is 0. The Morgan fingerprint density at radius 1 is 1.47 bits per heavy atom. The van der Waals surface area contributed by atoms with Gasteiger partial charge in [-0.15, -0.1) is 0 Å². The highest BCUT2D eigenvalue weighted by atomic mass is 16.1. The molecule has 0 aliphatic carbocycles. The summed E-state index contributed by atoms with van der Waals surface area (Å²) in [6, 6.07) is 0.0190. The SMILES string of the molecule is CCCCC(CN)NC(=O)c1cnc(C)cn1.